The zero-order valence-electron chi connectivity index (χ0n) is 10.5. The van der Waals surface area contributed by atoms with Gasteiger partial charge in [-0.25, -0.2) is 0 Å². The van der Waals surface area contributed by atoms with Gasteiger partial charge in [-0.15, -0.1) is 0 Å². The van der Waals surface area contributed by atoms with Crippen molar-refractivity contribution < 1.29 is 14.2 Å². The first-order valence-corrected chi connectivity index (χ1v) is 7.13. The Kier molecular flexibility index (Phi) is 13.7. The summed E-state index contributed by atoms with van der Waals surface area (Å²) in [7, 11) is 1.71. The molecule has 4 heteroatoms. The second-order valence-corrected chi connectivity index (χ2v) is 4.74. The van der Waals surface area contributed by atoms with E-state index >= 15 is 0 Å². The maximum absolute atomic E-state index is 5.49. The molecule has 0 rings (SSSR count). The Morgan fingerprint density at radius 2 is 1.62 bits per heavy atom. The van der Waals surface area contributed by atoms with Gasteiger partial charge in [-0.1, -0.05) is 22.9 Å². The number of hydrogen-bond acceptors (Lipinski definition) is 3. The zero-order chi connectivity index (χ0) is 12.1. The molecule has 98 valence electrons. The number of ether oxygens (including phenoxy) is 3. The van der Waals surface area contributed by atoms with Crippen LogP contribution >= 0.6 is 15.9 Å². The number of hydrogen-bond donors (Lipinski definition) is 0. The SMILES string of the molecule is COCCCOCCOCCC(C)CCBr. The molecule has 0 aliphatic rings. The molecule has 0 aromatic rings. The van der Waals surface area contributed by atoms with Crippen LogP contribution in [0.25, 0.3) is 0 Å². The van der Waals surface area contributed by atoms with Crippen LogP contribution < -0.4 is 0 Å². The van der Waals surface area contributed by atoms with Gasteiger partial charge in [0.2, 0.25) is 0 Å². The predicted molar refractivity (Wildman–Crippen MR) is 70.3 cm³/mol. The number of halogens is 1. The minimum Gasteiger partial charge on any atom is -0.385 e. The molecule has 0 spiro atoms. The van der Waals surface area contributed by atoms with E-state index in [1.54, 1.807) is 7.11 Å². The smallest absolute Gasteiger partial charge is 0.0700 e. The van der Waals surface area contributed by atoms with Gasteiger partial charge in [0.25, 0.3) is 0 Å². The molecule has 1 atom stereocenters. The van der Waals surface area contributed by atoms with E-state index in [0.717, 1.165) is 43.9 Å². The quantitative estimate of drug-likeness (QED) is 0.409. The van der Waals surface area contributed by atoms with E-state index in [0.29, 0.717) is 13.2 Å². The second-order valence-electron chi connectivity index (χ2n) is 3.94. The molecule has 0 fully saturated rings. The van der Waals surface area contributed by atoms with Crippen molar-refractivity contribution in [3.05, 3.63) is 0 Å². The average molecular weight is 297 g/mol. The molecule has 3 nitrogen and oxygen atoms in total. The van der Waals surface area contributed by atoms with Crippen LogP contribution in [-0.2, 0) is 14.2 Å². The van der Waals surface area contributed by atoms with Crippen LogP contribution in [0.15, 0.2) is 0 Å². The van der Waals surface area contributed by atoms with Crippen LogP contribution in [0.3, 0.4) is 0 Å². The summed E-state index contributed by atoms with van der Waals surface area (Å²) < 4.78 is 15.8. The molecular formula is C12H25BrO3. The summed E-state index contributed by atoms with van der Waals surface area (Å²) in [5.41, 5.74) is 0. The van der Waals surface area contributed by atoms with Gasteiger partial charge in [-0.3, -0.25) is 0 Å². The van der Waals surface area contributed by atoms with Crippen molar-refractivity contribution in [3.8, 4) is 0 Å². The third-order valence-corrected chi connectivity index (χ3v) is 2.82. The third kappa shape index (κ3) is 12.4. The molecule has 16 heavy (non-hydrogen) atoms. The summed E-state index contributed by atoms with van der Waals surface area (Å²) in [6.07, 6.45) is 3.31. The number of alkyl halides is 1. The number of methoxy groups -OCH3 is 1. The molecule has 0 aromatic heterocycles. The standard InChI is InChI=1S/C12H25BrO3/c1-12(4-6-13)5-9-16-11-10-15-8-3-7-14-2/h12H,3-11H2,1-2H3. The Hall–Kier alpha value is 0.360. The maximum atomic E-state index is 5.49. The third-order valence-electron chi connectivity index (χ3n) is 2.37. The van der Waals surface area contributed by atoms with E-state index in [1.165, 1.54) is 6.42 Å². The lowest BCUT2D eigenvalue weighted by Crippen LogP contribution is -2.09. The van der Waals surface area contributed by atoms with Crippen molar-refractivity contribution in [1.82, 2.24) is 0 Å². The van der Waals surface area contributed by atoms with Crippen LogP contribution in [0.5, 0.6) is 0 Å². The molecular weight excluding hydrogens is 272 g/mol. The van der Waals surface area contributed by atoms with Gasteiger partial charge in [-0.2, -0.15) is 0 Å². The largest absolute Gasteiger partial charge is 0.385 e. The van der Waals surface area contributed by atoms with Gasteiger partial charge in [0, 0.05) is 32.3 Å². The highest BCUT2D eigenvalue weighted by molar-refractivity contribution is 9.09. The van der Waals surface area contributed by atoms with Crippen LogP contribution in [0, 0.1) is 5.92 Å². The molecule has 0 aliphatic carbocycles. The van der Waals surface area contributed by atoms with Gasteiger partial charge in [0.1, 0.15) is 0 Å². The normalized spacial score (nSPS) is 12.9. The maximum Gasteiger partial charge on any atom is 0.0700 e. The van der Waals surface area contributed by atoms with E-state index in [-0.39, 0.29) is 0 Å². The van der Waals surface area contributed by atoms with Crippen molar-refractivity contribution in [3.63, 3.8) is 0 Å². The van der Waals surface area contributed by atoms with Crippen molar-refractivity contribution >= 4 is 15.9 Å². The van der Waals surface area contributed by atoms with Gasteiger partial charge >= 0.3 is 0 Å². The summed E-state index contributed by atoms with van der Waals surface area (Å²) in [6.45, 7) is 6.02. The van der Waals surface area contributed by atoms with Crippen molar-refractivity contribution in [2.24, 2.45) is 5.92 Å². The Morgan fingerprint density at radius 3 is 2.25 bits per heavy atom. The minimum atomic E-state index is 0.691. The summed E-state index contributed by atoms with van der Waals surface area (Å²) in [4.78, 5) is 0. The minimum absolute atomic E-state index is 0.691. The summed E-state index contributed by atoms with van der Waals surface area (Å²) in [6, 6.07) is 0. The topological polar surface area (TPSA) is 27.7 Å². The summed E-state index contributed by atoms with van der Waals surface area (Å²) in [5, 5.41) is 1.08. The highest BCUT2D eigenvalue weighted by atomic mass is 79.9. The van der Waals surface area contributed by atoms with Crippen LogP contribution in [-0.4, -0.2) is 45.5 Å². The number of rotatable bonds is 12. The first-order chi connectivity index (χ1) is 7.81. The van der Waals surface area contributed by atoms with E-state index in [2.05, 4.69) is 22.9 Å². The lowest BCUT2D eigenvalue weighted by Gasteiger charge is -2.10. The van der Waals surface area contributed by atoms with Crippen LogP contribution in [0.4, 0.5) is 0 Å². The van der Waals surface area contributed by atoms with E-state index in [9.17, 15) is 0 Å². The Balaban J connectivity index is 2.98. The van der Waals surface area contributed by atoms with E-state index < -0.39 is 0 Å². The molecule has 0 aliphatic heterocycles. The highest BCUT2D eigenvalue weighted by Crippen LogP contribution is 2.08. The van der Waals surface area contributed by atoms with Crippen molar-refractivity contribution in [2.75, 3.05) is 45.5 Å². The molecule has 0 N–H and O–H groups in total. The molecule has 0 radical (unpaired) electrons. The first kappa shape index (κ1) is 16.4. The lowest BCUT2D eigenvalue weighted by molar-refractivity contribution is 0.0362. The molecule has 1 unspecified atom stereocenters. The van der Waals surface area contributed by atoms with Crippen molar-refractivity contribution in [1.29, 1.82) is 0 Å². The molecule has 0 amide bonds. The predicted octanol–water partition coefficient (Wildman–Crippen LogP) is 2.87. The summed E-state index contributed by atoms with van der Waals surface area (Å²) >= 11 is 3.44. The summed E-state index contributed by atoms with van der Waals surface area (Å²) in [5.74, 6) is 0.738. The van der Waals surface area contributed by atoms with Gasteiger partial charge in [0.15, 0.2) is 0 Å². The Bertz CT molecular complexity index is 133. The fourth-order valence-electron chi connectivity index (χ4n) is 1.24. The molecule has 0 aromatic carbocycles. The Morgan fingerprint density at radius 1 is 0.938 bits per heavy atom. The second kappa shape index (κ2) is 13.4. The zero-order valence-corrected chi connectivity index (χ0v) is 12.1. The highest BCUT2D eigenvalue weighted by Gasteiger charge is 2.00. The fourth-order valence-corrected chi connectivity index (χ4v) is 2.02. The lowest BCUT2D eigenvalue weighted by atomic mass is 10.1. The van der Waals surface area contributed by atoms with Gasteiger partial charge in [-0.05, 0) is 25.2 Å². The Labute approximate surface area is 108 Å². The van der Waals surface area contributed by atoms with Crippen molar-refractivity contribution in [2.45, 2.75) is 26.2 Å². The fraction of sp³-hybridized carbons (Fsp3) is 1.00. The van der Waals surface area contributed by atoms with Gasteiger partial charge in [0.05, 0.1) is 13.2 Å². The molecule has 0 saturated heterocycles. The average Bonchev–Trinajstić information content (AvgIpc) is 2.27. The molecule has 0 saturated carbocycles. The van der Waals surface area contributed by atoms with E-state index in [4.69, 9.17) is 14.2 Å². The van der Waals surface area contributed by atoms with E-state index in [1.807, 2.05) is 0 Å². The molecule has 0 bridgehead atoms. The van der Waals surface area contributed by atoms with Crippen LogP contribution in [0.2, 0.25) is 0 Å². The monoisotopic (exact) mass is 296 g/mol. The molecule has 0 heterocycles. The van der Waals surface area contributed by atoms with Crippen LogP contribution in [0.1, 0.15) is 26.2 Å². The first-order valence-electron chi connectivity index (χ1n) is 6.01. The van der Waals surface area contributed by atoms with Gasteiger partial charge < -0.3 is 14.2 Å².